The number of Topliss-reactive ketones (excluding diaryl/α,β-unsaturated/α-hetero) is 1. The van der Waals surface area contributed by atoms with Crippen LogP contribution < -0.4 is 10.2 Å². The van der Waals surface area contributed by atoms with Crippen molar-refractivity contribution in [3.05, 3.63) is 95.8 Å². The number of benzene rings is 2. The molecule has 1 aliphatic rings. The molecule has 2 amide bonds. The van der Waals surface area contributed by atoms with Gasteiger partial charge < -0.3 is 10.4 Å². The predicted molar refractivity (Wildman–Crippen MR) is 116 cm³/mol. The molecule has 154 valence electrons. The number of carbonyl (C=O) groups is 3. The van der Waals surface area contributed by atoms with Gasteiger partial charge in [0.2, 0.25) is 5.91 Å². The molecule has 3 aromatic rings. The minimum absolute atomic E-state index is 0.00710. The summed E-state index contributed by atoms with van der Waals surface area (Å²) in [4.78, 5) is 42.9. The third-order valence-electron chi connectivity index (χ3n) is 4.96. The van der Waals surface area contributed by atoms with Gasteiger partial charge in [-0.3, -0.25) is 24.3 Å². The molecule has 1 aliphatic heterocycles. The van der Waals surface area contributed by atoms with E-state index in [4.69, 9.17) is 0 Å². The maximum absolute atomic E-state index is 13.1. The summed E-state index contributed by atoms with van der Waals surface area (Å²) in [7, 11) is 0. The van der Waals surface area contributed by atoms with Crippen molar-refractivity contribution >= 4 is 34.7 Å². The largest absolute Gasteiger partial charge is 0.507 e. The van der Waals surface area contributed by atoms with E-state index in [0.29, 0.717) is 22.5 Å². The van der Waals surface area contributed by atoms with Crippen molar-refractivity contribution < 1.29 is 19.5 Å². The van der Waals surface area contributed by atoms with Crippen molar-refractivity contribution in [2.75, 3.05) is 10.2 Å². The summed E-state index contributed by atoms with van der Waals surface area (Å²) in [5.74, 6) is -2.05. The highest BCUT2D eigenvalue weighted by Gasteiger charge is 2.47. The summed E-state index contributed by atoms with van der Waals surface area (Å²) in [6.07, 6.45) is 3.12. The minimum Gasteiger partial charge on any atom is -0.507 e. The lowest BCUT2D eigenvalue weighted by atomic mass is 9.96. The number of aliphatic hydroxyl groups excluding tert-OH is 1. The van der Waals surface area contributed by atoms with Gasteiger partial charge in [-0.15, -0.1) is 0 Å². The maximum atomic E-state index is 13.1. The third kappa shape index (κ3) is 3.81. The van der Waals surface area contributed by atoms with Crippen LogP contribution in [0.5, 0.6) is 0 Å². The summed E-state index contributed by atoms with van der Waals surface area (Å²) in [5, 5.41) is 13.7. The van der Waals surface area contributed by atoms with E-state index in [1.807, 2.05) is 0 Å². The molecule has 1 atom stereocenters. The van der Waals surface area contributed by atoms with Crippen molar-refractivity contribution in [2.24, 2.45) is 0 Å². The summed E-state index contributed by atoms with van der Waals surface area (Å²) < 4.78 is 0. The van der Waals surface area contributed by atoms with Gasteiger partial charge in [-0.1, -0.05) is 36.4 Å². The fourth-order valence-electron chi connectivity index (χ4n) is 3.65. The average Bonchev–Trinajstić information content (AvgIpc) is 3.05. The zero-order chi connectivity index (χ0) is 22.0. The van der Waals surface area contributed by atoms with Crippen LogP contribution in [-0.2, 0) is 14.4 Å². The van der Waals surface area contributed by atoms with E-state index in [1.54, 1.807) is 79.1 Å². The fraction of sp³-hybridized carbons (Fsp3) is 0.0833. The lowest BCUT2D eigenvalue weighted by Crippen LogP contribution is -2.29. The third-order valence-corrected chi connectivity index (χ3v) is 4.96. The molecule has 2 aromatic carbocycles. The van der Waals surface area contributed by atoms with E-state index in [9.17, 15) is 19.5 Å². The van der Waals surface area contributed by atoms with Gasteiger partial charge in [0.15, 0.2) is 0 Å². The predicted octanol–water partition coefficient (Wildman–Crippen LogP) is 3.67. The number of carbonyl (C=O) groups excluding carboxylic acids is 3. The Kier molecular flexibility index (Phi) is 5.32. The molecule has 2 N–H and O–H groups in total. The molecule has 1 unspecified atom stereocenters. The molecular weight excluding hydrogens is 394 g/mol. The van der Waals surface area contributed by atoms with E-state index < -0.39 is 17.7 Å². The number of nitrogens with one attached hydrogen (secondary N) is 1. The van der Waals surface area contributed by atoms with Crippen LogP contribution in [0.25, 0.3) is 5.76 Å². The molecule has 7 heteroatoms. The number of aliphatic hydroxyl groups is 1. The minimum atomic E-state index is -0.851. The number of hydrogen-bond donors (Lipinski definition) is 2. The Labute approximate surface area is 178 Å². The molecule has 1 fully saturated rings. The highest BCUT2D eigenvalue weighted by Crippen LogP contribution is 2.42. The van der Waals surface area contributed by atoms with Crippen LogP contribution in [0.3, 0.4) is 0 Å². The Morgan fingerprint density at radius 1 is 1.00 bits per heavy atom. The van der Waals surface area contributed by atoms with Crippen molar-refractivity contribution in [3.63, 3.8) is 0 Å². The molecule has 31 heavy (non-hydrogen) atoms. The first kappa shape index (κ1) is 20.0. The molecule has 4 rings (SSSR count). The van der Waals surface area contributed by atoms with E-state index in [1.165, 1.54) is 11.8 Å². The van der Waals surface area contributed by atoms with Gasteiger partial charge in [0.05, 0.1) is 11.6 Å². The topological polar surface area (TPSA) is 99.6 Å². The second-order valence-electron chi connectivity index (χ2n) is 7.05. The van der Waals surface area contributed by atoms with Gasteiger partial charge in [0, 0.05) is 36.3 Å². The first-order valence-corrected chi connectivity index (χ1v) is 9.61. The molecule has 0 radical (unpaired) electrons. The van der Waals surface area contributed by atoms with Crippen LogP contribution in [0.1, 0.15) is 24.1 Å². The number of aromatic nitrogens is 1. The number of rotatable bonds is 4. The van der Waals surface area contributed by atoms with Gasteiger partial charge in [-0.05, 0) is 35.9 Å². The smallest absolute Gasteiger partial charge is 0.300 e. The van der Waals surface area contributed by atoms with Crippen LogP contribution in [-0.4, -0.2) is 27.7 Å². The number of pyridine rings is 1. The Hall–Kier alpha value is -4.26. The summed E-state index contributed by atoms with van der Waals surface area (Å²) >= 11 is 0. The lowest BCUT2D eigenvalue weighted by Gasteiger charge is -2.25. The number of ketones is 1. The Morgan fingerprint density at radius 2 is 1.71 bits per heavy atom. The molecule has 2 heterocycles. The van der Waals surface area contributed by atoms with E-state index in [0.717, 1.165) is 0 Å². The quantitative estimate of drug-likeness (QED) is 0.386. The van der Waals surface area contributed by atoms with Gasteiger partial charge in [-0.2, -0.15) is 0 Å². The second-order valence-corrected chi connectivity index (χ2v) is 7.05. The van der Waals surface area contributed by atoms with Crippen LogP contribution in [0.4, 0.5) is 11.4 Å². The summed E-state index contributed by atoms with van der Waals surface area (Å²) in [6, 6.07) is 17.8. The molecular formula is C24H19N3O4. The fourth-order valence-corrected chi connectivity index (χ4v) is 3.65. The van der Waals surface area contributed by atoms with Gasteiger partial charge in [0.1, 0.15) is 5.76 Å². The first-order chi connectivity index (χ1) is 15.0. The Morgan fingerprint density at radius 3 is 2.39 bits per heavy atom. The number of nitrogens with zero attached hydrogens (tertiary/aromatic N) is 2. The van der Waals surface area contributed by atoms with Crippen molar-refractivity contribution in [1.82, 2.24) is 4.98 Å². The lowest BCUT2D eigenvalue weighted by molar-refractivity contribution is -0.132. The second kappa shape index (κ2) is 8.23. The van der Waals surface area contributed by atoms with Crippen LogP contribution in [0.2, 0.25) is 0 Å². The molecule has 7 nitrogen and oxygen atoms in total. The number of amides is 2. The zero-order valence-corrected chi connectivity index (χ0v) is 16.6. The van der Waals surface area contributed by atoms with Crippen molar-refractivity contribution in [1.29, 1.82) is 0 Å². The zero-order valence-electron chi connectivity index (χ0n) is 16.6. The summed E-state index contributed by atoms with van der Waals surface area (Å²) in [6.45, 7) is 1.38. The highest BCUT2D eigenvalue weighted by molar-refractivity contribution is 6.51. The summed E-state index contributed by atoms with van der Waals surface area (Å²) in [5.41, 5.74) is 1.96. The molecule has 1 saturated heterocycles. The Bertz CT molecular complexity index is 1190. The molecule has 0 bridgehead atoms. The highest BCUT2D eigenvalue weighted by atomic mass is 16.3. The van der Waals surface area contributed by atoms with E-state index in [-0.39, 0.29) is 17.2 Å². The molecule has 0 spiro atoms. The molecule has 0 saturated carbocycles. The van der Waals surface area contributed by atoms with Gasteiger partial charge in [0.25, 0.3) is 11.7 Å². The van der Waals surface area contributed by atoms with E-state index >= 15 is 0 Å². The monoisotopic (exact) mass is 413 g/mol. The number of anilines is 2. The Balaban J connectivity index is 1.90. The molecule has 1 aromatic heterocycles. The standard InChI is InChI=1S/C24H19N3O4/c1-15(28)26-18-8-5-9-19(14-18)27-21(16-10-12-25-13-11-16)20(23(30)24(27)31)22(29)17-6-3-2-4-7-17/h2-14,21,29H,1H3,(H,26,28)/b22-20+. The number of hydrogen-bond acceptors (Lipinski definition) is 5. The van der Waals surface area contributed by atoms with Gasteiger partial charge >= 0.3 is 0 Å². The first-order valence-electron chi connectivity index (χ1n) is 9.61. The molecule has 0 aliphatic carbocycles. The van der Waals surface area contributed by atoms with Gasteiger partial charge in [-0.25, -0.2) is 0 Å². The van der Waals surface area contributed by atoms with Crippen LogP contribution in [0, 0.1) is 0 Å². The van der Waals surface area contributed by atoms with Crippen molar-refractivity contribution in [3.8, 4) is 0 Å². The average molecular weight is 413 g/mol. The normalized spacial score (nSPS) is 17.6. The van der Waals surface area contributed by atoms with Crippen LogP contribution in [0.15, 0.2) is 84.7 Å². The van der Waals surface area contributed by atoms with E-state index in [2.05, 4.69) is 10.3 Å². The van der Waals surface area contributed by atoms with Crippen LogP contribution >= 0.6 is 0 Å². The SMILES string of the molecule is CC(=O)Nc1cccc(N2C(=O)C(=O)/C(=C(/O)c3ccccc3)C2c2ccncc2)c1. The van der Waals surface area contributed by atoms with Crippen molar-refractivity contribution in [2.45, 2.75) is 13.0 Å². The maximum Gasteiger partial charge on any atom is 0.300 e.